The molecule has 4 rings (SSSR count). The van der Waals surface area contributed by atoms with Crippen molar-refractivity contribution in [2.45, 2.75) is 24.7 Å². The van der Waals surface area contributed by atoms with Crippen LogP contribution >= 0.6 is 23.5 Å². The van der Waals surface area contributed by atoms with E-state index in [1.54, 1.807) is 11.6 Å². The van der Waals surface area contributed by atoms with Crippen molar-refractivity contribution in [3.8, 4) is 0 Å². The summed E-state index contributed by atoms with van der Waals surface area (Å²) in [5.41, 5.74) is -0.403. The van der Waals surface area contributed by atoms with Crippen molar-refractivity contribution in [2.24, 2.45) is 11.3 Å². The summed E-state index contributed by atoms with van der Waals surface area (Å²) in [4.78, 5) is 48.5. The minimum atomic E-state index is -5.67. The van der Waals surface area contributed by atoms with E-state index in [1.807, 2.05) is 0 Å². The Bertz CT molecular complexity index is 1220. The summed E-state index contributed by atoms with van der Waals surface area (Å²) in [6.45, 7) is -0.681. The number of nitrogens with zero attached hydrogens (tertiary/aromatic N) is 4. The summed E-state index contributed by atoms with van der Waals surface area (Å²) in [7, 11) is -14.9. The molecule has 0 amide bonds. The number of hydrogen-bond acceptors (Lipinski definition) is 12. The van der Waals surface area contributed by atoms with E-state index in [2.05, 4.69) is 28.9 Å². The van der Waals surface area contributed by atoms with Crippen LogP contribution in [0.2, 0.25) is 0 Å². The van der Waals surface area contributed by atoms with Crippen molar-refractivity contribution in [2.75, 3.05) is 19.0 Å². The predicted molar refractivity (Wildman–Crippen MR) is 106 cm³/mol. The minimum Gasteiger partial charge on any atom is -0.390 e. The van der Waals surface area contributed by atoms with Crippen LogP contribution in [-0.4, -0.2) is 75.2 Å². The minimum absolute atomic E-state index is 0.245. The molecule has 20 heteroatoms. The first-order valence-electron chi connectivity index (χ1n) is 9.19. The van der Waals surface area contributed by atoms with Gasteiger partial charge < -0.3 is 39.7 Å². The average Bonchev–Trinajstić information content (AvgIpc) is 3.17. The number of aliphatic hydroxyl groups excluding tert-OH is 2. The van der Waals surface area contributed by atoms with Crippen LogP contribution in [0.3, 0.4) is 0 Å². The Morgan fingerprint density at radius 3 is 2.45 bits per heavy atom. The van der Waals surface area contributed by atoms with Gasteiger partial charge in [-0.1, -0.05) is 0 Å². The number of imidazole rings is 1. The van der Waals surface area contributed by atoms with E-state index in [0.29, 0.717) is 17.0 Å². The molecule has 0 spiro atoms. The summed E-state index contributed by atoms with van der Waals surface area (Å²) in [6, 6.07) is -0.728. The number of fused-ring (bicyclic) bond motifs is 2. The molecular weight excluding hydrogens is 511 g/mol. The van der Waals surface area contributed by atoms with Crippen LogP contribution < -0.4 is 5.32 Å². The first-order chi connectivity index (χ1) is 15.2. The second kappa shape index (κ2) is 8.12. The summed E-state index contributed by atoms with van der Waals surface area (Å²) >= 11 is 0. The molecule has 2 aliphatic carbocycles. The Morgan fingerprint density at radius 1 is 1.12 bits per heavy atom. The zero-order valence-electron chi connectivity index (χ0n) is 16.6. The first-order valence-corrected chi connectivity index (χ1v) is 13.7. The van der Waals surface area contributed by atoms with Gasteiger partial charge in [-0.15, -0.1) is 0 Å². The average molecular weight is 531 g/mol. The van der Waals surface area contributed by atoms with E-state index in [0.717, 1.165) is 0 Å². The number of nitrogens with one attached hydrogen (secondary N) is 1. The molecule has 2 saturated carbocycles. The van der Waals surface area contributed by atoms with Gasteiger partial charge in [-0.25, -0.2) is 28.6 Å². The molecule has 7 atom stereocenters. The number of phosphoric ester groups is 1. The number of anilines is 1. The molecule has 2 fully saturated rings. The van der Waals surface area contributed by atoms with Crippen molar-refractivity contribution in [1.29, 1.82) is 0 Å². The molecule has 2 aromatic heterocycles. The largest absolute Gasteiger partial charge is 0.490 e. The second-order valence-corrected chi connectivity index (χ2v) is 12.1. The van der Waals surface area contributed by atoms with E-state index >= 15 is 0 Å². The highest BCUT2D eigenvalue weighted by atomic mass is 31.3. The van der Waals surface area contributed by atoms with Gasteiger partial charge in [0, 0.05) is 12.5 Å². The summed E-state index contributed by atoms with van der Waals surface area (Å²) in [5, 5.41) is 24.1. The van der Waals surface area contributed by atoms with Gasteiger partial charge in [0.05, 0.1) is 25.1 Å². The third-order valence-corrected chi connectivity index (χ3v) is 9.46. The van der Waals surface area contributed by atoms with Crippen molar-refractivity contribution < 1.29 is 56.6 Å². The normalized spacial score (nSPS) is 32.8. The lowest BCUT2D eigenvalue weighted by atomic mass is 10.0. The van der Waals surface area contributed by atoms with Crippen molar-refractivity contribution in [3.05, 3.63) is 12.7 Å². The molecule has 0 saturated heterocycles. The van der Waals surface area contributed by atoms with Gasteiger partial charge >= 0.3 is 23.5 Å². The van der Waals surface area contributed by atoms with Gasteiger partial charge in [0.1, 0.15) is 17.9 Å². The number of aromatic nitrogens is 4. The van der Waals surface area contributed by atoms with Crippen molar-refractivity contribution in [1.82, 2.24) is 19.5 Å². The number of hydrogen-bond donors (Lipinski definition) is 7. The standard InChI is InChI=1S/C13H20N5O12P3/c1-14-11-7-12(16-4-15-11)18(5-17-7)8-6-2-13(6,10(20)9(8)19)3-28-32(24,25)30-33(26,27)29-31(21,22)23/h4-6,8-10,19-20H,2-3H2,1H3,(H,24,25)(H,26,27)(H,14,15,16)(H2,21,22,23)/t6-,8?,9?,10?,13-/m1/s1. The molecular formula is C13H20N5O12P3. The van der Waals surface area contributed by atoms with Crippen molar-refractivity contribution in [3.63, 3.8) is 0 Å². The highest BCUT2D eigenvalue weighted by Crippen LogP contribution is 2.71. The number of phosphoric acid groups is 3. The van der Waals surface area contributed by atoms with Crippen LogP contribution in [0.4, 0.5) is 5.82 Å². The third-order valence-electron chi connectivity index (χ3n) is 5.68. The predicted octanol–water partition coefficient (Wildman–Crippen LogP) is -0.506. The van der Waals surface area contributed by atoms with Crippen molar-refractivity contribution >= 4 is 40.4 Å². The van der Waals surface area contributed by atoms with E-state index < -0.39 is 59.7 Å². The van der Waals surface area contributed by atoms with Crippen LogP contribution in [0.5, 0.6) is 0 Å². The highest BCUT2D eigenvalue weighted by Gasteiger charge is 2.72. The fraction of sp³-hybridized carbons (Fsp3) is 0.615. The molecule has 2 aliphatic rings. The summed E-state index contributed by atoms with van der Waals surface area (Å²) < 4.78 is 47.8. The Balaban J connectivity index is 1.51. The van der Waals surface area contributed by atoms with Gasteiger partial charge in [-0.05, 0) is 12.3 Å². The van der Waals surface area contributed by atoms with E-state index in [4.69, 9.17) is 14.3 Å². The second-order valence-electron chi connectivity index (χ2n) is 7.63. The van der Waals surface area contributed by atoms with Gasteiger partial charge in [0.2, 0.25) is 0 Å². The van der Waals surface area contributed by atoms with Crippen LogP contribution in [-0.2, 0) is 26.8 Å². The van der Waals surface area contributed by atoms with E-state index in [-0.39, 0.29) is 6.42 Å². The maximum Gasteiger partial charge on any atom is 0.490 e. The van der Waals surface area contributed by atoms with Crippen LogP contribution in [0, 0.1) is 11.3 Å². The van der Waals surface area contributed by atoms with Gasteiger partial charge in [0.25, 0.3) is 0 Å². The van der Waals surface area contributed by atoms with Crippen LogP contribution in [0.25, 0.3) is 11.2 Å². The Hall–Kier alpha value is -1.32. The molecule has 2 aromatic rings. The van der Waals surface area contributed by atoms with Gasteiger partial charge in [-0.2, -0.15) is 8.62 Å². The number of rotatable bonds is 9. The molecule has 0 radical (unpaired) electrons. The molecule has 7 N–H and O–H groups in total. The quantitative estimate of drug-likeness (QED) is 0.201. The topological polar surface area (TPSA) is 256 Å². The number of aliphatic hydroxyl groups is 2. The van der Waals surface area contributed by atoms with Crippen LogP contribution in [0.15, 0.2) is 12.7 Å². The Kier molecular flexibility index (Phi) is 6.10. The third kappa shape index (κ3) is 4.65. The molecule has 0 bridgehead atoms. The summed E-state index contributed by atoms with van der Waals surface area (Å²) in [5.74, 6) is -0.0123. The molecule has 0 aliphatic heterocycles. The smallest absolute Gasteiger partial charge is 0.390 e. The SMILES string of the molecule is CNc1ncnc2c1ncn2C1C(O)C(O)[C@@]2(COP(=O)(O)OP(=O)(O)OP(=O)(O)O)C[C@H]12. The van der Waals surface area contributed by atoms with E-state index in [9.17, 15) is 33.7 Å². The lowest BCUT2D eigenvalue weighted by Crippen LogP contribution is -2.35. The molecule has 2 heterocycles. The molecule has 17 nitrogen and oxygen atoms in total. The first kappa shape index (κ1) is 24.8. The molecule has 5 unspecified atom stereocenters. The zero-order chi connectivity index (χ0) is 24.4. The lowest BCUT2D eigenvalue weighted by molar-refractivity contribution is -0.0297. The highest BCUT2D eigenvalue weighted by molar-refractivity contribution is 7.66. The lowest BCUT2D eigenvalue weighted by Gasteiger charge is -2.24. The monoisotopic (exact) mass is 531 g/mol. The van der Waals surface area contributed by atoms with Crippen LogP contribution in [0.1, 0.15) is 12.5 Å². The maximum absolute atomic E-state index is 12.0. The Labute approximate surface area is 184 Å². The fourth-order valence-corrected chi connectivity index (χ4v) is 7.38. The van der Waals surface area contributed by atoms with E-state index in [1.165, 1.54) is 12.7 Å². The summed E-state index contributed by atoms with van der Waals surface area (Å²) in [6.07, 6.45) is 0.202. The molecule has 0 aromatic carbocycles. The maximum atomic E-state index is 12.0. The Morgan fingerprint density at radius 2 is 1.82 bits per heavy atom. The zero-order valence-corrected chi connectivity index (χ0v) is 19.3. The fourth-order valence-electron chi connectivity index (χ4n) is 4.28. The molecule has 33 heavy (non-hydrogen) atoms. The molecule has 184 valence electrons. The van der Waals surface area contributed by atoms with Gasteiger partial charge in [0.15, 0.2) is 11.5 Å². The van der Waals surface area contributed by atoms with Gasteiger partial charge in [-0.3, -0.25) is 4.52 Å².